The molecule has 4 rings (SSSR count). The fraction of sp³-hybridized carbons (Fsp3) is 0.444. The quantitative estimate of drug-likeness (QED) is 0.162. The number of alkyl halides is 4. The van der Waals surface area contributed by atoms with Gasteiger partial charge in [0.05, 0.1) is 19.1 Å². The highest BCUT2D eigenvalue weighted by molar-refractivity contribution is 7.52. The number of amides is 1. The van der Waals surface area contributed by atoms with E-state index in [1.807, 2.05) is 0 Å². The molecule has 2 N–H and O–H groups in total. The van der Waals surface area contributed by atoms with Crippen molar-refractivity contribution in [2.24, 2.45) is 0 Å². The van der Waals surface area contributed by atoms with Gasteiger partial charge in [0, 0.05) is 6.20 Å². The summed E-state index contributed by atoms with van der Waals surface area (Å²) in [6, 6.07) is 9.95. The van der Waals surface area contributed by atoms with E-state index >= 15 is 8.78 Å². The Kier molecular flexibility index (Phi) is 9.33. The van der Waals surface area contributed by atoms with Gasteiger partial charge in [-0.2, -0.15) is 13.9 Å². The van der Waals surface area contributed by atoms with Crippen molar-refractivity contribution in [3.05, 3.63) is 54.7 Å². The van der Waals surface area contributed by atoms with E-state index < -0.39 is 80.9 Å². The highest BCUT2D eigenvalue weighted by Gasteiger charge is 2.72. The predicted molar refractivity (Wildman–Crippen MR) is 142 cm³/mol. The Labute approximate surface area is 243 Å². The maximum atomic E-state index is 15.2. The third-order valence-electron chi connectivity index (χ3n) is 6.61. The van der Waals surface area contributed by atoms with Crippen molar-refractivity contribution in [1.82, 2.24) is 9.99 Å². The molecule has 0 bridgehead atoms. The minimum atomic E-state index is -4.91. The van der Waals surface area contributed by atoms with Gasteiger partial charge in [-0.05, 0) is 49.8 Å². The number of fused-ring (bicyclic) bond motifs is 1. The Morgan fingerprint density at radius 3 is 2.47 bits per heavy atom. The zero-order valence-corrected chi connectivity index (χ0v) is 24.0. The summed E-state index contributed by atoms with van der Waals surface area (Å²) in [5, 5.41) is 14.1. The zero-order valence-electron chi connectivity index (χ0n) is 23.1. The monoisotopic (exact) mass is 632 g/mol. The Hall–Kier alpha value is -3.36. The van der Waals surface area contributed by atoms with Gasteiger partial charge in [-0.1, -0.05) is 30.3 Å². The van der Waals surface area contributed by atoms with Gasteiger partial charge in [-0.3, -0.25) is 23.8 Å². The van der Waals surface area contributed by atoms with Crippen LogP contribution in [-0.4, -0.2) is 76.7 Å². The van der Waals surface area contributed by atoms with Gasteiger partial charge in [-0.15, -0.1) is 0 Å². The fourth-order valence-electron chi connectivity index (χ4n) is 4.42. The second-order valence-corrected chi connectivity index (χ2v) is 12.0. The van der Waals surface area contributed by atoms with Gasteiger partial charge in [-0.25, -0.2) is 13.3 Å². The van der Waals surface area contributed by atoms with Crippen LogP contribution in [0.3, 0.4) is 0 Å². The summed E-state index contributed by atoms with van der Waals surface area (Å²) in [4.78, 5) is 36.4. The van der Waals surface area contributed by atoms with Crippen molar-refractivity contribution in [2.45, 2.75) is 69.6 Å². The lowest BCUT2D eigenvalue weighted by Crippen LogP contribution is -2.55. The van der Waals surface area contributed by atoms with Crippen LogP contribution in [-0.2, 0) is 32.9 Å². The van der Waals surface area contributed by atoms with Crippen LogP contribution in [0, 0.1) is 0 Å². The lowest BCUT2D eigenvalue weighted by Gasteiger charge is -2.33. The van der Waals surface area contributed by atoms with E-state index in [1.165, 1.54) is 19.1 Å². The van der Waals surface area contributed by atoms with Crippen LogP contribution >= 0.6 is 7.75 Å². The van der Waals surface area contributed by atoms with Crippen molar-refractivity contribution in [3.63, 3.8) is 0 Å². The third kappa shape index (κ3) is 6.75. The first-order chi connectivity index (χ1) is 20.1. The number of esters is 1. The molecule has 2 aromatic carbocycles. The van der Waals surface area contributed by atoms with Gasteiger partial charge >= 0.3 is 19.6 Å². The lowest BCUT2D eigenvalue weighted by molar-refractivity contribution is -0.201. The molecule has 16 heteroatoms. The number of hydrogen-bond acceptors (Lipinski definition) is 9. The predicted octanol–water partition coefficient (Wildman–Crippen LogP) is 3.94. The van der Waals surface area contributed by atoms with E-state index in [2.05, 4.69) is 5.09 Å². The molecule has 0 saturated carbocycles. The summed E-state index contributed by atoms with van der Waals surface area (Å²) in [5.41, 5.74) is -3.53. The number of aliphatic hydroxyl groups is 1. The molecule has 1 saturated heterocycles. The molecule has 1 unspecified atom stereocenters. The van der Waals surface area contributed by atoms with Crippen molar-refractivity contribution < 1.29 is 60.1 Å². The van der Waals surface area contributed by atoms with Crippen LogP contribution in [0.1, 0.15) is 27.2 Å². The number of rotatable bonds is 11. The molecule has 2 aromatic rings. The Morgan fingerprint density at radius 1 is 1.16 bits per heavy atom. The number of carbonyl (C=O) groups is 3. The molecule has 1 amide bonds. The summed E-state index contributed by atoms with van der Waals surface area (Å²) in [7, 11) is -4.91. The lowest BCUT2D eigenvalue weighted by atomic mass is 9.95. The topological polar surface area (TPSA) is 141 Å². The van der Waals surface area contributed by atoms with E-state index in [0.717, 1.165) is 11.5 Å². The highest BCUT2D eigenvalue weighted by Crippen LogP contribution is 2.51. The number of halogens is 4. The van der Waals surface area contributed by atoms with Gasteiger partial charge in [0.1, 0.15) is 11.8 Å². The first-order valence-corrected chi connectivity index (χ1v) is 14.6. The smallest absolute Gasteiger partial charge is 0.459 e. The van der Waals surface area contributed by atoms with Crippen LogP contribution in [0.5, 0.6) is 5.75 Å². The van der Waals surface area contributed by atoms with Crippen LogP contribution in [0.4, 0.5) is 17.6 Å². The van der Waals surface area contributed by atoms with E-state index in [-0.39, 0.29) is 10.6 Å². The largest absolute Gasteiger partial charge is 0.462 e. The van der Waals surface area contributed by atoms with Crippen LogP contribution in [0.25, 0.3) is 10.8 Å². The number of ketones is 1. The van der Waals surface area contributed by atoms with Crippen molar-refractivity contribution >= 4 is 36.2 Å². The minimum absolute atomic E-state index is 0.102. The number of aliphatic hydroxyl groups excluding tert-OH is 1. The van der Waals surface area contributed by atoms with E-state index in [4.69, 9.17) is 18.5 Å². The minimum Gasteiger partial charge on any atom is -0.462 e. The standard InChI is InChI=1S/C27H29F4N2O9P/c1-15(2)40-22(36)16(3)32-43(38,42-20-9-8-17-6-4-5-7-18(17)12-20)39-14-26(24(28)29)23(37)27(30,31)25(41-26)33-11-10-19(34)13-21(33)35/h4-12,15-16,23-25,37H,13-14H2,1-3H3,(H,32,38)/t16-,23+,25+,26+,43?/m0/s1. The van der Waals surface area contributed by atoms with Crippen molar-refractivity contribution in [3.8, 4) is 5.75 Å². The summed E-state index contributed by atoms with van der Waals surface area (Å²) >= 11 is 0. The Morgan fingerprint density at radius 2 is 1.84 bits per heavy atom. The fourth-order valence-corrected chi connectivity index (χ4v) is 5.94. The molecule has 0 aliphatic carbocycles. The molecule has 2 aliphatic heterocycles. The van der Waals surface area contributed by atoms with Gasteiger partial charge in [0.15, 0.2) is 17.5 Å². The maximum Gasteiger partial charge on any atom is 0.459 e. The van der Waals surface area contributed by atoms with Crippen LogP contribution in [0.15, 0.2) is 54.7 Å². The summed E-state index contributed by atoms with van der Waals surface area (Å²) in [6.07, 6.45) is -9.90. The first-order valence-electron chi connectivity index (χ1n) is 13.0. The Balaban J connectivity index is 1.65. The molecular formula is C27H29F4N2O9P. The molecule has 5 atom stereocenters. The second kappa shape index (κ2) is 12.3. The average molecular weight is 633 g/mol. The van der Waals surface area contributed by atoms with Crippen LogP contribution in [0.2, 0.25) is 0 Å². The molecule has 0 spiro atoms. The molecule has 11 nitrogen and oxygen atoms in total. The summed E-state index contributed by atoms with van der Waals surface area (Å²) in [5.74, 6) is -7.41. The SMILES string of the molecule is CC(C)OC(=O)[C@H](C)NP(=O)(OC[C@@]1(C(F)F)O[C@@H](N2C=CC(=O)CC2=O)C(F)(F)[C@@H]1O)Oc1ccc2ccccc2c1. The van der Waals surface area contributed by atoms with Gasteiger partial charge in [0.2, 0.25) is 12.1 Å². The number of hydrogen-bond donors (Lipinski definition) is 2. The second-order valence-electron chi connectivity index (χ2n) is 10.3. The molecule has 0 radical (unpaired) electrons. The first kappa shape index (κ1) is 32.6. The molecule has 2 aliphatic rings. The third-order valence-corrected chi connectivity index (χ3v) is 8.23. The van der Waals surface area contributed by atoms with Crippen LogP contribution < -0.4 is 9.61 Å². The molecule has 234 valence electrons. The number of ether oxygens (including phenoxy) is 2. The highest BCUT2D eigenvalue weighted by atomic mass is 31.2. The normalized spacial score (nSPS) is 25.8. The van der Waals surface area contributed by atoms with E-state index in [1.54, 1.807) is 44.2 Å². The summed E-state index contributed by atoms with van der Waals surface area (Å²) in [6.45, 7) is 2.67. The zero-order chi connectivity index (χ0) is 31.7. The number of allylic oxidation sites excluding steroid dienone is 1. The average Bonchev–Trinajstić information content (AvgIpc) is 3.13. The van der Waals surface area contributed by atoms with Gasteiger partial charge in [0.25, 0.3) is 6.43 Å². The van der Waals surface area contributed by atoms with Gasteiger partial charge < -0.3 is 19.1 Å². The number of carbonyl (C=O) groups excluding carboxylic acids is 3. The molecule has 1 fully saturated rings. The molecule has 2 heterocycles. The molecular weight excluding hydrogens is 603 g/mol. The maximum absolute atomic E-state index is 15.2. The number of nitrogens with zero attached hydrogens (tertiary/aromatic N) is 1. The molecule has 0 aromatic heterocycles. The summed E-state index contributed by atoms with van der Waals surface area (Å²) < 4.78 is 94.1. The molecule has 43 heavy (non-hydrogen) atoms. The van der Waals surface area contributed by atoms with Crippen molar-refractivity contribution in [2.75, 3.05) is 6.61 Å². The van der Waals surface area contributed by atoms with E-state index in [0.29, 0.717) is 11.6 Å². The number of benzene rings is 2. The van der Waals surface area contributed by atoms with E-state index in [9.17, 15) is 32.8 Å². The van der Waals surface area contributed by atoms with Crippen molar-refractivity contribution in [1.29, 1.82) is 0 Å². The Bertz CT molecular complexity index is 1470. The number of nitrogens with one attached hydrogen (secondary N) is 1.